The van der Waals surface area contributed by atoms with Gasteiger partial charge in [0.2, 0.25) is 0 Å². The molecule has 3 rings (SSSR count). The minimum Gasteiger partial charge on any atom is -0.485 e. The van der Waals surface area contributed by atoms with Gasteiger partial charge in [-0.1, -0.05) is 40.2 Å². The number of hydrogen-bond donors (Lipinski definition) is 0. The van der Waals surface area contributed by atoms with Gasteiger partial charge in [-0.3, -0.25) is 0 Å². The highest BCUT2D eigenvalue weighted by Crippen LogP contribution is 2.32. The number of ether oxygens (including phenoxy) is 1. The van der Waals surface area contributed by atoms with Gasteiger partial charge in [0.1, 0.15) is 17.4 Å². The Labute approximate surface area is 138 Å². The van der Waals surface area contributed by atoms with E-state index >= 15 is 0 Å². The predicted octanol–water partition coefficient (Wildman–Crippen LogP) is 5.53. The van der Waals surface area contributed by atoms with Crippen LogP contribution < -0.4 is 4.74 Å². The van der Waals surface area contributed by atoms with Crippen molar-refractivity contribution in [2.75, 3.05) is 0 Å². The summed E-state index contributed by atoms with van der Waals surface area (Å²) in [6, 6.07) is 14.2. The summed E-state index contributed by atoms with van der Waals surface area (Å²) in [6.07, 6.45) is 0. The van der Waals surface area contributed by atoms with E-state index in [2.05, 4.69) is 42.9 Å². The quantitative estimate of drug-likeness (QED) is 0.525. The molecule has 0 amide bonds. The normalized spacial score (nSPS) is 10.9. The maximum absolute atomic E-state index is 5.95. The molecule has 0 N–H and O–H groups in total. The standard InChI is InChI=1S/C15H11Br2NOS/c16-8-10-4-3-5-11(17)15(10)19-9-14-18-12-6-1-2-7-13(12)20-14/h1-7H,8-9H2. The number of rotatable bonds is 4. The molecule has 102 valence electrons. The number of thiazole rings is 1. The van der Waals surface area contributed by atoms with Gasteiger partial charge in [-0.15, -0.1) is 11.3 Å². The van der Waals surface area contributed by atoms with Crippen molar-refractivity contribution in [3.8, 4) is 5.75 Å². The fourth-order valence-corrected chi connectivity index (χ4v) is 3.78. The Morgan fingerprint density at radius 2 is 1.95 bits per heavy atom. The van der Waals surface area contributed by atoms with Gasteiger partial charge < -0.3 is 4.74 Å². The summed E-state index contributed by atoms with van der Waals surface area (Å²) in [7, 11) is 0. The molecule has 0 saturated heterocycles. The lowest BCUT2D eigenvalue weighted by atomic mass is 10.2. The molecule has 0 bridgehead atoms. The van der Waals surface area contributed by atoms with Crippen LogP contribution in [0, 0.1) is 0 Å². The van der Waals surface area contributed by atoms with Gasteiger partial charge >= 0.3 is 0 Å². The van der Waals surface area contributed by atoms with E-state index < -0.39 is 0 Å². The van der Waals surface area contributed by atoms with E-state index in [0.29, 0.717) is 6.61 Å². The zero-order valence-corrected chi connectivity index (χ0v) is 14.5. The van der Waals surface area contributed by atoms with Crippen molar-refractivity contribution >= 4 is 53.4 Å². The molecule has 0 fully saturated rings. The van der Waals surface area contributed by atoms with E-state index in [1.807, 2.05) is 36.4 Å². The zero-order chi connectivity index (χ0) is 13.9. The molecule has 0 spiro atoms. The van der Waals surface area contributed by atoms with Crippen molar-refractivity contribution in [2.45, 2.75) is 11.9 Å². The summed E-state index contributed by atoms with van der Waals surface area (Å²) in [5.74, 6) is 0.878. The fraction of sp³-hybridized carbons (Fsp3) is 0.133. The number of alkyl halides is 1. The van der Waals surface area contributed by atoms with Gasteiger partial charge in [0, 0.05) is 10.9 Å². The molecule has 1 heterocycles. The first-order valence-corrected chi connectivity index (χ1v) is 8.81. The third kappa shape index (κ3) is 2.90. The van der Waals surface area contributed by atoms with E-state index in [1.54, 1.807) is 11.3 Å². The van der Waals surface area contributed by atoms with Crippen molar-refractivity contribution in [1.29, 1.82) is 0 Å². The average Bonchev–Trinajstić information content (AvgIpc) is 2.88. The smallest absolute Gasteiger partial charge is 0.140 e. The average molecular weight is 413 g/mol. The van der Waals surface area contributed by atoms with Crippen molar-refractivity contribution in [3.05, 3.63) is 57.5 Å². The highest BCUT2D eigenvalue weighted by molar-refractivity contribution is 9.10. The molecular weight excluding hydrogens is 402 g/mol. The summed E-state index contributed by atoms with van der Waals surface area (Å²) in [5, 5.41) is 1.75. The molecule has 0 radical (unpaired) electrons. The molecule has 3 aromatic rings. The lowest BCUT2D eigenvalue weighted by Gasteiger charge is -2.10. The summed E-state index contributed by atoms with van der Waals surface area (Å²) in [5.41, 5.74) is 2.16. The van der Waals surface area contributed by atoms with Crippen LogP contribution >= 0.6 is 43.2 Å². The molecule has 1 aromatic heterocycles. The third-order valence-electron chi connectivity index (χ3n) is 2.87. The number of para-hydroxylation sites is 2. The van der Waals surface area contributed by atoms with E-state index in [1.165, 1.54) is 4.70 Å². The molecule has 20 heavy (non-hydrogen) atoms. The predicted molar refractivity (Wildman–Crippen MR) is 90.7 cm³/mol. The summed E-state index contributed by atoms with van der Waals surface area (Å²) >= 11 is 8.69. The van der Waals surface area contributed by atoms with E-state index in [-0.39, 0.29) is 0 Å². The Bertz CT molecular complexity index is 709. The van der Waals surface area contributed by atoms with Gasteiger partial charge in [-0.2, -0.15) is 0 Å². The molecular formula is C15H11Br2NOS. The van der Waals surface area contributed by atoms with Gasteiger partial charge in [-0.25, -0.2) is 4.98 Å². The van der Waals surface area contributed by atoms with Crippen LogP contribution in [0.3, 0.4) is 0 Å². The van der Waals surface area contributed by atoms with Crippen LogP contribution in [0.25, 0.3) is 10.2 Å². The second kappa shape index (κ2) is 6.24. The SMILES string of the molecule is BrCc1cccc(Br)c1OCc1nc2ccccc2s1. The first kappa shape index (κ1) is 14.0. The van der Waals surface area contributed by atoms with E-state index in [0.717, 1.165) is 31.6 Å². The largest absolute Gasteiger partial charge is 0.485 e. The summed E-state index contributed by atoms with van der Waals surface area (Å²) < 4.78 is 8.11. The zero-order valence-electron chi connectivity index (χ0n) is 10.5. The molecule has 0 unspecified atom stereocenters. The summed E-state index contributed by atoms with van der Waals surface area (Å²) in [6.45, 7) is 0.488. The molecule has 0 aliphatic heterocycles. The maximum Gasteiger partial charge on any atom is 0.140 e. The topological polar surface area (TPSA) is 22.1 Å². The van der Waals surface area contributed by atoms with E-state index in [4.69, 9.17) is 4.74 Å². The number of benzene rings is 2. The van der Waals surface area contributed by atoms with Crippen molar-refractivity contribution in [1.82, 2.24) is 4.98 Å². The Hall–Kier alpha value is -0.910. The molecule has 0 aliphatic carbocycles. The Morgan fingerprint density at radius 3 is 2.75 bits per heavy atom. The number of halogens is 2. The first-order valence-electron chi connectivity index (χ1n) is 6.08. The number of nitrogens with zero attached hydrogens (tertiary/aromatic N) is 1. The molecule has 0 saturated carbocycles. The molecule has 2 nitrogen and oxygen atoms in total. The van der Waals surface area contributed by atoms with Crippen molar-refractivity contribution < 1.29 is 4.74 Å². The fourth-order valence-electron chi connectivity index (χ4n) is 1.94. The second-order valence-corrected chi connectivity index (χ2v) is 6.76. The minimum absolute atomic E-state index is 0.488. The van der Waals surface area contributed by atoms with Crippen molar-refractivity contribution in [3.63, 3.8) is 0 Å². The lowest BCUT2D eigenvalue weighted by Crippen LogP contribution is -1.98. The monoisotopic (exact) mass is 411 g/mol. The number of fused-ring (bicyclic) bond motifs is 1. The third-order valence-corrected chi connectivity index (χ3v) is 5.11. The lowest BCUT2D eigenvalue weighted by molar-refractivity contribution is 0.301. The highest BCUT2D eigenvalue weighted by atomic mass is 79.9. The molecule has 5 heteroatoms. The van der Waals surface area contributed by atoms with Crippen molar-refractivity contribution in [2.24, 2.45) is 0 Å². The van der Waals surface area contributed by atoms with Gasteiger partial charge in [0.05, 0.1) is 14.7 Å². The second-order valence-electron chi connectivity index (χ2n) is 4.23. The van der Waals surface area contributed by atoms with Crippen LogP contribution in [0.4, 0.5) is 0 Å². The Balaban J connectivity index is 1.82. The van der Waals surface area contributed by atoms with Crippen LogP contribution in [0.1, 0.15) is 10.6 Å². The highest BCUT2D eigenvalue weighted by Gasteiger charge is 2.09. The van der Waals surface area contributed by atoms with E-state index in [9.17, 15) is 0 Å². The molecule has 0 aliphatic rings. The maximum atomic E-state index is 5.95. The number of aromatic nitrogens is 1. The van der Waals surface area contributed by atoms with Crippen LogP contribution in [0.5, 0.6) is 5.75 Å². The Morgan fingerprint density at radius 1 is 1.10 bits per heavy atom. The Kier molecular flexibility index (Phi) is 4.38. The van der Waals surface area contributed by atoms with Gasteiger partial charge in [-0.05, 0) is 34.1 Å². The van der Waals surface area contributed by atoms with Gasteiger partial charge in [0.15, 0.2) is 0 Å². The molecule has 0 atom stereocenters. The van der Waals surface area contributed by atoms with Crippen LogP contribution in [-0.4, -0.2) is 4.98 Å². The van der Waals surface area contributed by atoms with Gasteiger partial charge in [0.25, 0.3) is 0 Å². The minimum atomic E-state index is 0.488. The first-order chi connectivity index (χ1) is 9.78. The van der Waals surface area contributed by atoms with Crippen LogP contribution in [-0.2, 0) is 11.9 Å². The number of hydrogen-bond acceptors (Lipinski definition) is 3. The van der Waals surface area contributed by atoms with Crippen LogP contribution in [0.2, 0.25) is 0 Å². The summed E-state index contributed by atoms with van der Waals surface area (Å²) in [4.78, 5) is 4.58. The van der Waals surface area contributed by atoms with Crippen LogP contribution in [0.15, 0.2) is 46.9 Å². The molecule has 2 aromatic carbocycles.